The summed E-state index contributed by atoms with van der Waals surface area (Å²) in [7, 11) is 0. The Morgan fingerprint density at radius 2 is 0.804 bits per heavy atom. The predicted molar refractivity (Wildman–Crippen MR) is 214 cm³/mol. The van der Waals surface area contributed by atoms with Crippen molar-refractivity contribution < 1.29 is 0 Å². The van der Waals surface area contributed by atoms with Crippen LogP contribution >= 0.6 is 54.5 Å². The van der Waals surface area contributed by atoms with Crippen LogP contribution in [0.15, 0.2) is 31.8 Å². The molecule has 250 valence electrons. The van der Waals surface area contributed by atoms with Gasteiger partial charge in [-0.05, 0) is 128 Å². The molecule has 0 aliphatic rings. The number of rotatable bonds is 20. The smallest absolute Gasteiger partial charge is 0.0804 e. The lowest BCUT2D eigenvalue weighted by Gasteiger charge is -2.18. The minimum Gasteiger partial charge on any atom is -0.135 e. The SMILES string of the molecule is CCCCCCc1ccsc1C#Cc1c(Br)c(CCCCCC)c(C#Cc2sccc2CCCCCC)c(Br)c1CCCCCC. The third kappa shape index (κ3) is 12.6. The average Bonchev–Trinajstić information content (AvgIpc) is 3.71. The third-order valence-corrected chi connectivity index (χ3v) is 12.3. The molecule has 2 aromatic heterocycles. The molecule has 3 aromatic rings. The maximum atomic E-state index is 4.15. The molecule has 0 N–H and O–H groups in total. The Hall–Kier alpha value is -1.30. The van der Waals surface area contributed by atoms with Crippen LogP contribution in [-0.4, -0.2) is 0 Å². The molecule has 0 fully saturated rings. The normalized spacial score (nSPS) is 10.9. The molecule has 0 aliphatic heterocycles. The first-order valence-corrected chi connectivity index (χ1v) is 21.6. The second-order valence-corrected chi connectivity index (χ2v) is 16.0. The van der Waals surface area contributed by atoms with Crippen LogP contribution in [0.1, 0.15) is 174 Å². The van der Waals surface area contributed by atoms with Crippen LogP contribution in [0.2, 0.25) is 0 Å². The standard InChI is InChI=1S/C42H56Br2S2/c1-5-9-13-17-21-33-29-31-45-39(33)27-25-37-35(23-19-15-11-7-3)42(44)38(36(41(37)43)24-20-16-12-8-4)26-28-40-34(30-32-46-40)22-18-14-10-6-2/h29-32H,5-24H2,1-4H3. The zero-order valence-electron chi connectivity index (χ0n) is 29.0. The monoisotopic (exact) mass is 782 g/mol. The number of thiophene rings is 2. The lowest BCUT2D eigenvalue weighted by atomic mass is 9.92. The minimum atomic E-state index is 1.02. The van der Waals surface area contributed by atoms with E-state index < -0.39 is 0 Å². The van der Waals surface area contributed by atoms with Crippen LogP contribution in [0.5, 0.6) is 0 Å². The van der Waals surface area contributed by atoms with Gasteiger partial charge in [-0.25, -0.2) is 0 Å². The summed E-state index contributed by atoms with van der Waals surface area (Å²) in [5.74, 6) is 14.8. The molecular formula is C42H56Br2S2. The lowest BCUT2D eigenvalue weighted by Crippen LogP contribution is -2.04. The zero-order chi connectivity index (χ0) is 33.0. The molecule has 0 amide bonds. The fourth-order valence-corrected chi connectivity index (χ4v) is 9.05. The summed E-state index contributed by atoms with van der Waals surface area (Å²) in [6.45, 7) is 9.13. The van der Waals surface area contributed by atoms with Gasteiger partial charge in [0.05, 0.1) is 9.75 Å². The molecule has 0 bridgehead atoms. The highest BCUT2D eigenvalue weighted by atomic mass is 79.9. The summed E-state index contributed by atoms with van der Waals surface area (Å²) in [4.78, 5) is 2.46. The summed E-state index contributed by atoms with van der Waals surface area (Å²) in [5, 5.41) is 4.44. The largest absolute Gasteiger partial charge is 0.135 e. The van der Waals surface area contributed by atoms with Crippen molar-refractivity contribution in [2.75, 3.05) is 0 Å². The first-order chi connectivity index (χ1) is 22.5. The van der Waals surface area contributed by atoms with Crippen LogP contribution in [0, 0.1) is 23.7 Å². The molecule has 4 heteroatoms. The van der Waals surface area contributed by atoms with Crippen LogP contribution < -0.4 is 0 Å². The van der Waals surface area contributed by atoms with Gasteiger partial charge in [0.1, 0.15) is 0 Å². The van der Waals surface area contributed by atoms with Crippen molar-refractivity contribution in [3.05, 3.63) is 75.0 Å². The molecule has 46 heavy (non-hydrogen) atoms. The van der Waals surface area contributed by atoms with E-state index in [-0.39, 0.29) is 0 Å². The van der Waals surface area contributed by atoms with E-state index in [0.717, 1.165) is 36.8 Å². The van der Waals surface area contributed by atoms with Gasteiger partial charge in [-0.1, -0.05) is 128 Å². The van der Waals surface area contributed by atoms with Crippen molar-refractivity contribution in [1.82, 2.24) is 0 Å². The maximum absolute atomic E-state index is 4.15. The van der Waals surface area contributed by atoms with E-state index in [0.29, 0.717) is 0 Å². The first kappa shape index (κ1) is 39.1. The Labute approximate surface area is 307 Å². The number of hydrogen-bond acceptors (Lipinski definition) is 2. The van der Waals surface area contributed by atoms with E-state index in [1.54, 1.807) is 22.7 Å². The van der Waals surface area contributed by atoms with Gasteiger partial charge >= 0.3 is 0 Å². The molecule has 0 spiro atoms. The van der Waals surface area contributed by atoms with Crippen molar-refractivity contribution in [3.63, 3.8) is 0 Å². The Morgan fingerprint density at radius 1 is 0.457 bits per heavy atom. The van der Waals surface area contributed by atoms with Crippen LogP contribution in [-0.2, 0) is 25.7 Å². The highest BCUT2D eigenvalue weighted by Gasteiger charge is 2.20. The van der Waals surface area contributed by atoms with Gasteiger partial charge in [-0.15, -0.1) is 22.7 Å². The molecule has 0 atom stereocenters. The second-order valence-electron chi connectivity index (χ2n) is 12.6. The Bertz CT molecular complexity index is 1330. The Kier molecular flexibility index (Phi) is 19.7. The van der Waals surface area contributed by atoms with E-state index >= 15 is 0 Å². The summed E-state index contributed by atoms with van der Waals surface area (Å²) in [6, 6.07) is 4.58. The quantitative estimate of drug-likeness (QED) is 0.0791. The second kappa shape index (κ2) is 23.1. The molecule has 0 saturated carbocycles. The fourth-order valence-electron chi connectivity index (χ4n) is 5.98. The number of benzene rings is 1. The van der Waals surface area contributed by atoms with Crippen LogP contribution in [0.3, 0.4) is 0 Å². The molecule has 0 radical (unpaired) electrons. The molecule has 0 nitrogen and oxygen atoms in total. The van der Waals surface area contributed by atoms with Gasteiger partial charge < -0.3 is 0 Å². The molecular weight excluding hydrogens is 728 g/mol. The van der Waals surface area contributed by atoms with Gasteiger partial charge in [0.2, 0.25) is 0 Å². The van der Waals surface area contributed by atoms with Crippen molar-refractivity contribution in [3.8, 4) is 23.7 Å². The predicted octanol–water partition coefficient (Wildman–Crippen LogP) is 14.6. The van der Waals surface area contributed by atoms with Gasteiger partial charge in [0.15, 0.2) is 0 Å². The number of aryl methyl sites for hydroxylation is 2. The zero-order valence-corrected chi connectivity index (χ0v) is 33.8. The van der Waals surface area contributed by atoms with E-state index in [2.05, 4.69) is 106 Å². The van der Waals surface area contributed by atoms with Gasteiger partial charge in [0.25, 0.3) is 0 Å². The van der Waals surface area contributed by atoms with Crippen molar-refractivity contribution in [2.24, 2.45) is 0 Å². The number of halogens is 2. The van der Waals surface area contributed by atoms with Gasteiger partial charge in [-0.3, -0.25) is 0 Å². The highest BCUT2D eigenvalue weighted by Crippen LogP contribution is 2.38. The minimum absolute atomic E-state index is 1.02. The molecule has 0 aliphatic carbocycles. The summed E-state index contributed by atoms with van der Waals surface area (Å²) in [5.41, 5.74) is 7.80. The molecule has 1 aromatic carbocycles. The summed E-state index contributed by atoms with van der Waals surface area (Å²) < 4.78 is 2.34. The molecule has 3 rings (SSSR count). The number of unbranched alkanes of at least 4 members (excludes halogenated alkanes) is 12. The summed E-state index contributed by atoms with van der Waals surface area (Å²) >= 11 is 11.9. The van der Waals surface area contributed by atoms with Crippen molar-refractivity contribution in [1.29, 1.82) is 0 Å². The molecule has 0 unspecified atom stereocenters. The fraction of sp³-hybridized carbons (Fsp3) is 0.571. The summed E-state index contributed by atoms with van der Waals surface area (Å²) in [6.07, 6.45) is 24.4. The van der Waals surface area contributed by atoms with Crippen molar-refractivity contribution >= 4 is 54.5 Å². The molecule has 2 heterocycles. The van der Waals surface area contributed by atoms with Crippen LogP contribution in [0.25, 0.3) is 0 Å². The van der Waals surface area contributed by atoms with E-state index in [9.17, 15) is 0 Å². The third-order valence-electron chi connectivity index (χ3n) is 8.83. The van der Waals surface area contributed by atoms with E-state index in [1.165, 1.54) is 144 Å². The topological polar surface area (TPSA) is 0 Å². The van der Waals surface area contributed by atoms with E-state index in [4.69, 9.17) is 0 Å². The lowest BCUT2D eigenvalue weighted by molar-refractivity contribution is 0.661. The van der Waals surface area contributed by atoms with Gasteiger partial charge in [-0.2, -0.15) is 0 Å². The average molecular weight is 785 g/mol. The Morgan fingerprint density at radius 3 is 1.15 bits per heavy atom. The van der Waals surface area contributed by atoms with Crippen LogP contribution in [0.4, 0.5) is 0 Å². The maximum Gasteiger partial charge on any atom is 0.0804 e. The first-order valence-electron chi connectivity index (χ1n) is 18.2. The highest BCUT2D eigenvalue weighted by molar-refractivity contribution is 9.11. The number of hydrogen-bond donors (Lipinski definition) is 0. The molecule has 0 saturated heterocycles. The van der Waals surface area contributed by atoms with E-state index in [1.807, 2.05) is 0 Å². The van der Waals surface area contributed by atoms with Gasteiger partial charge in [0, 0.05) is 20.1 Å². The van der Waals surface area contributed by atoms with Crippen molar-refractivity contribution in [2.45, 2.75) is 156 Å². The Balaban J connectivity index is 2.06.